The number of carboxylic acid groups (broad SMARTS) is 1. The molecule has 100 valence electrons. The highest BCUT2D eigenvalue weighted by Gasteiger charge is 2.21. The molecule has 2 aromatic rings. The number of aliphatic hydroxyl groups is 2. The summed E-state index contributed by atoms with van der Waals surface area (Å²) in [6.07, 6.45) is -2.10. The van der Waals surface area contributed by atoms with E-state index in [1.807, 2.05) is 0 Å². The number of carboxylic acids is 1. The normalized spacial score (nSPS) is 14.2. The van der Waals surface area contributed by atoms with Crippen molar-refractivity contribution in [2.24, 2.45) is 0 Å². The number of aromatic nitrogens is 2. The summed E-state index contributed by atoms with van der Waals surface area (Å²) >= 11 is 0. The van der Waals surface area contributed by atoms with Gasteiger partial charge in [-0.3, -0.25) is 9.59 Å². The highest BCUT2D eigenvalue weighted by Crippen LogP contribution is 2.21. The maximum Gasteiger partial charge on any atom is 0.306 e. The standard InChI is InChI=1S/C12H12N2O5/c15-9(4-10(16)17)11(18)6-1-2-7-8(3-6)13-5-14-12(7)19/h1-3,5,9,11,15,18H,4H2,(H,16,17)(H,13,14,19). The molecule has 0 aliphatic rings. The van der Waals surface area contributed by atoms with Crippen LogP contribution in [0.15, 0.2) is 29.3 Å². The molecule has 1 aromatic carbocycles. The second kappa shape index (κ2) is 5.17. The number of H-pyrrole nitrogens is 1. The molecule has 0 fully saturated rings. The van der Waals surface area contributed by atoms with Gasteiger partial charge in [-0.05, 0) is 17.7 Å². The molecular weight excluding hydrogens is 252 g/mol. The maximum absolute atomic E-state index is 11.5. The van der Waals surface area contributed by atoms with Gasteiger partial charge in [0.2, 0.25) is 0 Å². The molecule has 0 aliphatic heterocycles. The van der Waals surface area contributed by atoms with E-state index in [1.165, 1.54) is 24.5 Å². The lowest BCUT2D eigenvalue weighted by Gasteiger charge is -2.16. The average Bonchev–Trinajstić information content (AvgIpc) is 2.37. The summed E-state index contributed by atoms with van der Waals surface area (Å²) in [5, 5.41) is 28.3. The zero-order chi connectivity index (χ0) is 14.0. The topological polar surface area (TPSA) is 124 Å². The van der Waals surface area contributed by atoms with Crippen molar-refractivity contribution in [2.75, 3.05) is 0 Å². The van der Waals surface area contributed by atoms with Crippen LogP contribution in [0.1, 0.15) is 18.1 Å². The van der Waals surface area contributed by atoms with Crippen LogP contribution >= 0.6 is 0 Å². The summed E-state index contributed by atoms with van der Waals surface area (Å²) in [6.45, 7) is 0. The van der Waals surface area contributed by atoms with Crippen LogP contribution < -0.4 is 5.56 Å². The van der Waals surface area contributed by atoms with E-state index in [1.54, 1.807) is 0 Å². The fourth-order valence-electron chi connectivity index (χ4n) is 1.78. The van der Waals surface area contributed by atoms with Crippen molar-refractivity contribution < 1.29 is 20.1 Å². The summed E-state index contributed by atoms with van der Waals surface area (Å²) in [5.74, 6) is -1.21. The Balaban J connectivity index is 2.35. The Morgan fingerprint density at radius 1 is 1.37 bits per heavy atom. The minimum Gasteiger partial charge on any atom is -0.481 e. The van der Waals surface area contributed by atoms with E-state index in [-0.39, 0.29) is 5.56 Å². The Hall–Kier alpha value is -2.25. The molecule has 0 saturated heterocycles. The molecule has 0 amide bonds. The fraction of sp³-hybridized carbons (Fsp3) is 0.250. The van der Waals surface area contributed by atoms with Gasteiger partial charge < -0.3 is 20.3 Å². The first-order chi connectivity index (χ1) is 8.99. The number of benzene rings is 1. The minimum absolute atomic E-state index is 0.305. The van der Waals surface area contributed by atoms with Crippen LogP contribution in [0.3, 0.4) is 0 Å². The molecule has 0 saturated carbocycles. The first-order valence-electron chi connectivity index (χ1n) is 5.54. The molecular formula is C12H12N2O5. The van der Waals surface area contributed by atoms with Crippen molar-refractivity contribution in [3.05, 3.63) is 40.4 Å². The second-order valence-corrected chi connectivity index (χ2v) is 4.12. The van der Waals surface area contributed by atoms with Crippen LogP contribution in [0, 0.1) is 0 Å². The number of carbonyl (C=O) groups is 1. The molecule has 0 bridgehead atoms. The van der Waals surface area contributed by atoms with Crippen molar-refractivity contribution in [1.29, 1.82) is 0 Å². The highest BCUT2D eigenvalue weighted by molar-refractivity contribution is 5.78. The highest BCUT2D eigenvalue weighted by atomic mass is 16.4. The smallest absolute Gasteiger partial charge is 0.306 e. The number of fused-ring (bicyclic) bond motifs is 1. The zero-order valence-corrected chi connectivity index (χ0v) is 9.78. The molecule has 19 heavy (non-hydrogen) atoms. The Labute approximate surface area is 107 Å². The quantitative estimate of drug-likeness (QED) is 0.606. The summed E-state index contributed by atoms with van der Waals surface area (Å²) < 4.78 is 0. The van der Waals surface area contributed by atoms with Crippen LogP contribution in [0.4, 0.5) is 0 Å². The van der Waals surface area contributed by atoms with Gasteiger partial charge in [0.15, 0.2) is 0 Å². The number of aromatic amines is 1. The van der Waals surface area contributed by atoms with Crippen LogP contribution in [-0.4, -0.2) is 37.4 Å². The Morgan fingerprint density at radius 3 is 2.79 bits per heavy atom. The third kappa shape index (κ3) is 2.78. The van der Waals surface area contributed by atoms with E-state index in [9.17, 15) is 19.8 Å². The predicted octanol–water partition coefficient (Wildman–Crippen LogP) is -0.208. The van der Waals surface area contributed by atoms with Crippen molar-refractivity contribution in [3.63, 3.8) is 0 Å². The lowest BCUT2D eigenvalue weighted by molar-refractivity contribution is -0.141. The fourth-order valence-corrected chi connectivity index (χ4v) is 1.78. The van der Waals surface area contributed by atoms with Crippen LogP contribution in [0.5, 0.6) is 0 Å². The first-order valence-corrected chi connectivity index (χ1v) is 5.54. The van der Waals surface area contributed by atoms with Crippen LogP contribution in [-0.2, 0) is 4.79 Å². The monoisotopic (exact) mass is 264 g/mol. The molecule has 4 N–H and O–H groups in total. The number of aliphatic hydroxyl groups excluding tert-OH is 2. The van der Waals surface area contributed by atoms with Gasteiger partial charge in [0.1, 0.15) is 6.10 Å². The molecule has 1 aromatic heterocycles. The van der Waals surface area contributed by atoms with E-state index < -0.39 is 24.6 Å². The average molecular weight is 264 g/mol. The Morgan fingerprint density at radius 2 is 2.11 bits per heavy atom. The van der Waals surface area contributed by atoms with Crippen molar-refractivity contribution in [2.45, 2.75) is 18.6 Å². The predicted molar refractivity (Wildman–Crippen MR) is 65.6 cm³/mol. The Kier molecular flexibility index (Phi) is 3.59. The van der Waals surface area contributed by atoms with Gasteiger partial charge in [-0.1, -0.05) is 6.07 Å². The maximum atomic E-state index is 11.5. The van der Waals surface area contributed by atoms with Gasteiger partial charge in [0, 0.05) is 0 Å². The van der Waals surface area contributed by atoms with Crippen molar-refractivity contribution in [1.82, 2.24) is 9.97 Å². The van der Waals surface area contributed by atoms with Crippen LogP contribution in [0.2, 0.25) is 0 Å². The SMILES string of the molecule is O=C(O)CC(O)C(O)c1ccc2c(=O)[nH]cnc2c1. The van der Waals surface area contributed by atoms with Crippen molar-refractivity contribution >= 4 is 16.9 Å². The molecule has 7 heteroatoms. The minimum atomic E-state index is -1.42. The number of nitrogens with zero attached hydrogens (tertiary/aromatic N) is 1. The number of hydrogen-bond acceptors (Lipinski definition) is 5. The lowest BCUT2D eigenvalue weighted by Crippen LogP contribution is -2.21. The van der Waals surface area contributed by atoms with Crippen molar-refractivity contribution in [3.8, 4) is 0 Å². The molecule has 0 spiro atoms. The number of hydrogen-bond donors (Lipinski definition) is 4. The Bertz CT molecular complexity index is 666. The number of rotatable bonds is 4. The van der Waals surface area contributed by atoms with E-state index in [0.717, 1.165) is 0 Å². The number of nitrogens with one attached hydrogen (secondary N) is 1. The molecule has 0 aliphatic carbocycles. The van der Waals surface area contributed by atoms with Gasteiger partial charge in [0.05, 0.1) is 29.8 Å². The zero-order valence-electron chi connectivity index (χ0n) is 9.78. The molecule has 1 heterocycles. The van der Waals surface area contributed by atoms with Gasteiger partial charge in [-0.15, -0.1) is 0 Å². The summed E-state index contributed by atoms with van der Waals surface area (Å²) in [4.78, 5) is 28.3. The van der Waals surface area contributed by atoms with Crippen LogP contribution in [0.25, 0.3) is 10.9 Å². The van der Waals surface area contributed by atoms with E-state index >= 15 is 0 Å². The third-order valence-electron chi connectivity index (χ3n) is 2.76. The molecule has 0 radical (unpaired) electrons. The third-order valence-corrected chi connectivity index (χ3v) is 2.76. The molecule has 2 unspecified atom stereocenters. The summed E-state index contributed by atoms with van der Waals surface area (Å²) in [5.41, 5.74) is 0.360. The van der Waals surface area contributed by atoms with E-state index in [4.69, 9.17) is 5.11 Å². The summed E-state index contributed by atoms with van der Waals surface area (Å²) in [6, 6.07) is 4.36. The van der Waals surface area contributed by atoms with Gasteiger partial charge >= 0.3 is 5.97 Å². The number of aliphatic carboxylic acids is 1. The first kappa shape index (κ1) is 13.2. The summed E-state index contributed by atoms with van der Waals surface area (Å²) in [7, 11) is 0. The van der Waals surface area contributed by atoms with Gasteiger partial charge in [0.25, 0.3) is 5.56 Å². The lowest BCUT2D eigenvalue weighted by atomic mass is 10.0. The second-order valence-electron chi connectivity index (χ2n) is 4.12. The largest absolute Gasteiger partial charge is 0.481 e. The van der Waals surface area contributed by atoms with E-state index in [0.29, 0.717) is 16.5 Å². The van der Waals surface area contributed by atoms with Gasteiger partial charge in [-0.2, -0.15) is 0 Å². The van der Waals surface area contributed by atoms with E-state index in [2.05, 4.69) is 9.97 Å². The van der Waals surface area contributed by atoms with Gasteiger partial charge in [-0.25, -0.2) is 4.98 Å². The molecule has 2 rings (SSSR count). The molecule has 7 nitrogen and oxygen atoms in total. The molecule has 2 atom stereocenters.